The number of piperidine rings is 1. The number of aromatic nitrogens is 3. The van der Waals surface area contributed by atoms with Crippen LogP contribution in [0.3, 0.4) is 0 Å². The van der Waals surface area contributed by atoms with Gasteiger partial charge in [0.15, 0.2) is 0 Å². The number of pyridine rings is 1. The van der Waals surface area contributed by atoms with Gasteiger partial charge in [0.25, 0.3) is 0 Å². The first-order valence-electron chi connectivity index (χ1n) is 8.77. The van der Waals surface area contributed by atoms with Gasteiger partial charge in [0.2, 0.25) is 0 Å². The molecule has 25 heavy (non-hydrogen) atoms. The first kappa shape index (κ1) is 17.4. The Morgan fingerprint density at radius 3 is 2.76 bits per heavy atom. The van der Waals surface area contributed by atoms with Gasteiger partial charge in [0.1, 0.15) is 17.7 Å². The lowest BCUT2D eigenvalue weighted by Gasteiger charge is -2.33. The molecule has 0 amide bonds. The van der Waals surface area contributed by atoms with Crippen molar-refractivity contribution in [2.24, 2.45) is 0 Å². The molecule has 0 unspecified atom stereocenters. The minimum absolute atomic E-state index is 0.444. The molecular formula is C19H25N5O. The van der Waals surface area contributed by atoms with Gasteiger partial charge in [-0.1, -0.05) is 0 Å². The molecule has 0 aliphatic carbocycles. The molecule has 0 saturated carbocycles. The second-order valence-electron chi connectivity index (χ2n) is 6.62. The first-order valence-corrected chi connectivity index (χ1v) is 8.77. The molecule has 2 aromatic heterocycles. The molecule has 0 atom stereocenters. The van der Waals surface area contributed by atoms with Crippen molar-refractivity contribution < 1.29 is 4.74 Å². The number of nitriles is 1. The number of aryl methyl sites for hydroxylation is 2. The van der Waals surface area contributed by atoms with E-state index in [4.69, 9.17) is 4.74 Å². The molecule has 1 fully saturated rings. The van der Waals surface area contributed by atoms with Gasteiger partial charge in [0, 0.05) is 50.7 Å². The molecule has 6 heteroatoms. The maximum atomic E-state index is 9.50. The van der Waals surface area contributed by atoms with E-state index in [1.807, 2.05) is 32.3 Å². The summed E-state index contributed by atoms with van der Waals surface area (Å²) in [6.07, 6.45) is 5.93. The molecule has 2 aromatic rings. The third kappa shape index (κ3) is 3.67. The Morgan fingerprint density at radius 1 is 1.32 bits per heavy atom. The summed E-state index contributed by atoms with van der Waals surface area (Å²) < 4.78 is 7.38. The lowest BCUT2D eigenvalue weighted by Crippen LogP contribution is -2.35. The number of methoxy groups -OCH3 is 1. The van der Waals surface area contributed by atoms with Crippen LogP contribution in [0.1, 0.15) is 41.4 Å². The summed E-state index contributed by atoms with van der Waals surface area (Å²) >= 11 is 0. The van der Waals surface area contributed by atoms with Gasteiger partial charge in [0.05, 0.1) is 12.2 Å². The molecule has 0 spiro atoms. The number of ether oxygens (including phenoxy) is 1. The van der Waals surface area contributed by atoms with Crippen LogP contribution in [0.5, 0.6) is 0 Å². The van der Waals surface area contributed by atoms with Gasteiger partial charge in [-0.25, -0.2) is 9.97 Å². The number of anilines is 1. The average Bonchev–Trinajstić information content (AvgIpc) is 3.08. The zero-order valence-electron chi connectivity index (χ0n) is 15.2. The van der Waals surface area contributed by atoms with Crippen LogP contribution in [0.25, 0.3) is 0 Å². The molecule has 1 saturated heterocycles. The Kier molecular flexibility index (Phi) is 5.34. The molecule has 3 rings (SSSR count). The fourth-order valence-corrected chi connectivity index (χ4v) is 3.59. The monoisotopic (exact) mass is 339 g/mol. The lowest BCUT2D eigenvalue weighted by atomic mass is 9.95. The van der Waals surface area contributed by atoms with Gasteiger partial charge in [-0.3, -0.25) is 0 Å². The van der Waals surface area contributed by atoms with E-state index in [9.17, 15) is 5.26 Å². The highest BCUT2D eigenvalue weighted by atomic mass is 16.5. The third-order valence-electron chi connectivity index (χ3n) is 4.88. The van der Waals surface area contributed by atoms with Crippen molar-refractivity contribution in [3.05, 3.63) is 41.1 Å². The molecule has 1 aliphatic rings. The highest BCUT2D eigenvalue weighted by Gasteiger charge is 2.26. The van der Waals surface area contributed by atoms with Crippen LogP contribution in [0.4, 0.5) is 5.82 Å². The summed E-state index contributed by atoms with van der Waals surface area (Å²) in [5.41, 5.74) is 2.66. The van der Waals surface area contributed by atoms with Crippen LogP contribution < -0.4 is 4.90 Å². The molecule has 3 heterocycles. The molecule has 6 nitrogen and oxygen atoms in total. The Hall–Kier alpha value is -2.39. The standard InChI is InChI=1S/C19H25N5O/c1-14-12-15(2)22-19(17(14)13-20)23-7-4-16(5-8-23)18-21-6-9-24(18)10-11-25-3/h6,9,12,16H,4-5,7-8,10-11H2,1-3H3. The van der Waals surface area contributed by atoms with E-state index >= 15 is 0 Å². The zero-order valence-corrected chi connectivity index (χ0v) is 15.2. The van der Waals surface area contributed by atoms with E-state index in [0.717, 1.165) is 55.4 Å². The summed E-state index contributed by atoms with van der Waals surface area (Å²) in [7, 11) is 1.72. The van der Waals surface area contributed by atoms with Gasteiger partial charge in [-0.2, -0.15) is 5.26 Å². The maximum Gasteiger partial charge on any atom is 0.147 e. The minimum Gasteiger partial charge on any atom is -0.383 e. The van der Waals surface area contributed by atoms with Crippen LogP contribution in [-0.4, -0.2) is 41.3 Å². The molecular weight excluding hydrogens is 314 g/mol. The fraction of sp³-hybridized carbons (Fsp3) is 0.526. The molecule has 0 N–H and O–H groups in total. The Balaban J connectivity index is 1.73. The molecule has 0 radical (unpaired) electrons. The number of imidazole rings is 1. The van der Waals surface area contributed by atoms with E-state index in [1.54, 1.807) is 7.11 Å². The predicted molar refractivity (Wildman–Crippen MR) is 96.7 cm³/mol. The van der Waals surface area contributed by atoms with Crippen molar-refractivity contribution in [3.8, 4) is 6.07 Å². The van der Waals surface area contributed by atoms with E-state index in [2.05, 4.69) is 25.5 Å². The van der Waals surface area contributed by atoms with E-state index in [0.29, 0.717) is 18.1 Å². The average molecular weight is 339 g/mol. The van der Waals surface area contributed by atoms with Crippen LogP contribution in [-0.2, 0) is 11.3 Å². The van der Waals surface area contributed by atoms with Gasteiger partial charge < -0.3 is 14.2 Å². The quantitative estimate of drug-likeness (QED) is 0.838. The highest BCUT2D eigenvalue weighted by molar-refractivity contribution is 5.58. The fourth-order valence-electron chi connectivity index (χ4n) is 3.59. The molecule has 0 aromatic carbocycles. The minimum atomic E-state index is 0.444. The SMILES string of the molecule is COCCn1ccnc1C1CCN(c2nc(C)cc(C)c2C#N)CC1. The Bertz CT molecular complexity index is 769. The number of hydrogen-bond donors (Lipinski definition) is 0. The second kappa shape index (κ2) is 7.66. The van der Waals surface area contributed by atoms with Crippen LogP contribution in [0.2, 0.25) is 0 Å². The summed E-state index contributed by atoms with van der Waals surface area (Å²) in [4.78, 5) is 11.5. The van der Waals surface area contributed by atoms with Gasteiger partial charge in [-0.15, -0.1) is 0 Å². The first-order chi connectivity index (χ1) is 12.1. The van der Waals surface area contributed by atoms with E-state index in [-0.39, 0.29) is 0 Å². The Labute approximate surface area is 149 Å². The van der Waals surface area contributed by atoms with Gasteiger partial charge in [-0.05, 0) is 38.3 Å². The summed E-state index contributed by atoms with van der Waals surface area (Å²) in [5, 5.41) is 9.50. The predicted octanol–water partition coefficient (Wildman–Crippen LogP) is 2.80. The van der Waals surface area contributed by atoms with Crippen LogP contribution >= 0.6 is 0 Å². The van der Waals surface area contributed by atoms with E-state index in [1.165, 1.54) is 0 Å². The molecule has 132 valence electrons. The van der Waals surface area contributed by atoms with E-state index < -0.39 is 0 Å². The topological polar surface area (TPSA) is 67.0 Å². The smallest absolute Gasteiger partial charge is 0.147 e. The summed E-state index contributed by atoms with van der Waals surface area (Å²) in [5.74, 6) is 2.42. The maximum absolute atomic E-state index is 9.50. The largest absolute Gasteiger partial charge is 0.383 e. The lowest BCUT2D eigenvalue weighted by molar-refractivity contribution is 0.185. The zero-order chi connectivity index (χ0) is 17.8. The molecule has 1 aliphatic heterocycles. The Morgan fingerprint density at radius 2 is 2.08 bits per heavy atom. The second-order valence-corrected chi connectivity index (χ2v) is 6.62. The van der Waals surface area contributed by atoms with Crippen molar-refractivity contribution >= 4 is 5.82 Å². The number of hydrogen-bond acceptors (Lipinski definition) is 5. The van der Waals surface area contributed by atoms with Crippen molar-refractivity contribution in [1.29, 1.82) is 5.26 Å². The third-order valence-corrected chi connectivity index (χ3v) is 4.88. The number of rotatable bonds is 5. The normalized spacial score (nSPS) is 15.4. The van der Waals surface area contributed by atoms with Crippen molar-refractivity contribution in [1.82, 2.24) is 14.5 Å². The van der Waals surface area contributed by atoms with Gasteiger partial charge >= 0.3 is 0 Å². The highest BCUT2D eigenvalue weighted by Crippen LogP contribution is 2.31. The van der Waals surface area contributed by atoms with Crippen molar-refractivity contribution in [2.75, 3.05) is 31.7 Å². The van der Waals surface area contributed by atoms with Crippen LogP contribution in [0.15, 0.2) is 18.5 Å². The van der Waals surface area contributed by atoms with Crippen LogP contribution in [0, 0.1) is 25.2 Å². The number of nitrogens with zero attached hydrogens (tertiary/aromatic N) is 5. The summed E-state index contributed by atoms with van der Waals surface area (Å²) in [6.45, 7) is 7.29. The van der Waals surface area contributed by atoms with Crippen molar-refractivity contribution in [2.45, 2.75) is 39.2 Å². The van der Waals surface area contributed by atoms with Crippen molar-refractivity contribution in [3.63, 3.8) is 0 Å². The molecule has 0 bridgehead atoms. The summed E-state index contributed by atoms with van der Waals surface area (Å²) in [6, 6.07) is 4.30.